The van der Waals surface area contributed by atoms with E-state index in [9.17, 15) is 14.7 Å². The SMILES string of the molecule is CCN(C(=O)CN1CCCCC(O)C1=O)C(c1ccc(C)cc1)c1cccnc1. The first-order valence-corrected chi connectivity index (χ1v) is 10.2. The molecule has 6 heteroatoms. The quantitative estimate of drug-likeness (QED) is 0.816. The Morgan fingerprint density at radius 2 is 2.00 bits per heavy atom. The van der Waals surface area contributed by atoms with E-state index in [0.29, 0.717) is 19.5 Å². The number of aliphatic hydroxyl groups excluding tert-OH is 1. The lowest BCUT2D eigenvalue weighted by atomic mass is 9.97. The summed E-state index contributed by atoms with van der Waals surface area (Å²) in [6.07, 6.45) is 4.53. The summed E-state index contributed by atoms with van der Waals surface area (Å²) in [5.41, 5.74) is 3.08. The summed E-state index contributed by atoms with van der Waals surface area (Å²) in [4.78, 5) is 33.2. The summed E-state index contributed by atoms with van der Waals surface area (Å²) < 4.78 is 0. The van der Waals surface area contributed by atoms with Crippen molar-refractivity contribution in [2.75, 3.05) is 19.6 Å². The molecule has 0 aliphatic carbocycles. The fourth-order valence-corrected chi connectivity index (χ4v) is 3.84. The molecule has 3 rings (SSSR count). The van der Waals surface area contributed by atoms with E-state index in [1.165, 1.54) is 4.90 Å². The second-order valence-electron chi connectivity index (χ2n) is 7.55. The fraction of sp³-hybridized carbons (Fsp3) is 0.435. The van der Waals surface area contributed by atoms with E-state index in [0.717, 1.165) is 29.5 Å². The van der Waals surface area contributed by atoms with E-state index < -0.39 is 6.10 Å². The van der Waals surface area contributed by atoms with Crippen LogP contribution in [-0.4, -0.2) is 57.4 Å². The Labute approximate surface area is 172 Å². The first kappa shape index (κ1) is 21.0. The normalized spacial score (nSPS) is 18.2. The molecule has 1 fully saturated rings. The molecule has 0 spiro atoms. The first-order chi connectivity index (χ1) is 14.0. The monoisotopic (exact) mass is 395 g/mol. The maximum atomic E-state index is 13.3. The van der Waals surface area contributed by atoms with E-state index in [1.807, 2.05) is 50.2 Å². The van der Waals surface area contributed by atoms with Crippen molar-refractivity contribution in [3.05, 3.63) is 65.5 Å². The summed E-state index contributed by atoms with van der Waals surface area (Å²) in [7, 11) is 0. The number of nitrogens with zero attached hydrogens (tertiary/aromatic N) is 3. The minimum atomic E-state index is -1.01. The molecule has 2 amide bonds. The van der Waals surface area contributed by atoms with Gasteiger partial charge < -0.3 is 14.9 Å². The van der Waals surface area contributed by atoms with E-state index >= 15 is 0 Å². The molecule has 6 nitrogen and oxygen atoms in total. The van der Waals surface area contributed by atoms with Crippen LogP contribution in [0.2, 0.25) is 0 Å². The molecule has 154 valence electrons. The molecule has 2 aromatic rings. The van der Waals surface area contributed by atoms with Crippen molar-refractivity contribution in [1.82, 2.24) is 14.8 Å². The largest absolute Gasteiger partial charge is 0.383 e. The predicted molar refractivity (Wildman–Crippen MR) is 111 cm³/mol. The van der Waals surface area contributed by atoms with Gasteiger partial charge in [0, 0.05) is 25.5 Å². The number of aryl methyl sites for hydroxylation is 1. The highest BCUT2D eigenvalue weighted by atomic mass is 16.3. The number of aliphatic hydroxyl groups is 1. The molecule has 1 aromatic heterocycles. The molecule has 2 atom stereocenters. The number of carbonyl (C=O) groups is 2. The van der Waals surface area contributed by atoms with Gasteiger partial charge in [-0.2, -0.15) is 0 Å². The van der Waals surface area contributed by atoms with Gasteiger partial charge in [-0.05, 0) is 50.3 Å². The summed E-state index contributed by atoms with van der Waals surface area (Å²) in [6, 6.07) is 11.7. The van der Waals surface area contributed by atoms with Gasteiger partial charge in [-0.25, -0.2) is 0 Å². The van der Waals surface area contributed by atoms with Crippen LogP contribution in [0.25, 0.3) is 0 Å². The van der Waals surface area contributed by atoms with Crippen molar-refractivity contribution in [2.45, 2.75) is 45.3 Å². The smallest absolute Gasteiger partial charge is 0.251 e. The molecule has 0 bridgehead atoms. The van der Waals surface area contributed by atoms with Crippen LogP contribution in [0.1, 0.15) is 48.9 Å². The van der Waals surface area contributed by atoms with Gasteiger partial charge in [0.15, 0.2) is 0 Å². The molecule has 1 saturated heterocycles. The van der Waals surface area contributed by atoms with E-state index in [4.69, 9.17) is 0 Å². The molecule has 1 aromatic carbocycles. The average Bonchev–Trinajstić information content (AvgIpc) is 2.89. The summed E-state index contributed by atoms with van der Waals surface area (Å²) in [5, 5.41) is 10.0. The van der Waals surface area contributed by atoms with Crippen LogP contribution in [0, 0.1) is 6.92 Å². The maximum Gasteiger partial charge on any atom is 0.251 e. The van der Waals surface area contributed by atoms with Gasteiger partial charge in [0.1, 0.15) is 6.10 Å². The average molecular weight is 396 g/mol. The van der Waals surface area contributed by atoms with Gasteiger partial charge in [-0.1, -0.05) is 35.9 Å². The molecule has 0 saturated carbocycles. The Bertz CT molecular complexity index is 823. The van der Waals surface area contributed by atoms with Gasteiger partial charge in [0.2, 0.25) is 5.91 Å². The van der Waals surface area contributed by atoms with Gasteiger partial charge in [0.25, 0.3) is 5.91 Å². The van der Waals surface area contributed by atoms with Crippen LogP contribution < -0.4 is 0 Å². The lowest BCUT2D eigenvalue weighted by molar-refractivity contribution is -0.145. The van der Waals surface area contributed by atoms with Crippen LogP contribution in [0.5, 0.6) is 0 Å². The lowest BCUT2D eigenvalue weighted by Gasteiger charge is -2.33. The number of likely N-dealkylation sites (tertiary alicyclic amines) is 1. The zero-order chi connectivity index (χ0) is 20.8. The van der Waals surface area contributed by atoms with Gasteiger partial charge in [0.05, 0.1) is 12.6 Å². The molecule has 0 radical (unpaired) electrons. The number of likely N-dealkylation sites (N-methyl/N-ethyl adjacent to an activating group) is 1. The van der Waals surface area contributed by atoms with E-state index in [2.05, 4.69) is 4.98 Å². The second kappa shape index (κ2) is 9.65. The fourth-order valence-electron chi connectivity index (χ4n) is 3.84. The Kier molecular flexibility index (Phi) is 6.99. The third-order valence-corrected chi connectivity index (χ3v) is 5.44. The Hall–Kier alpha value is -2.73. The number of carbonyl (C=O) groups excluding carboxylic acids is 2. The molecule has 2 unspecified atom stereocenters. The second-order valence-corrected chi connectivity index (χ2v) is 7.55. The van der Waals surface area contributed by atoms with Crippen molar-refractivity contribution in [1.29, 1.82) is 0 Å². The molecule has 2 heterocycles. The van der Waals surface area contributed by atoms with Crippen LogP contribution in [0.15, 0.2) is 48.8 Å². The highest BCUT2D eigenvalue weighted by Gasteiger charge is 2.31. The molecule has 1 N–H and O–H groups in total. The van der Waals surface area contributed by atoms with E-state index in [-0.39, 0.29) is 24.4 Å². The lowest BCUT2D eigenvalue weighted by Crippen LogP contribution is -2.46. The van der Waals surface area contributed by atoms with Crippen molar-refractivity contribution >= 4 is 11.8 Å². The molecule has 1 aliphatic heterocycles. The van der Waals surface area contributed by atoms with Gasteiger partial charge in [-0.3, -0.25) is 14.6 Å². The van der Waals surface area contributed by atoms with Crippen LogP contribution in [-0.2, 0) is 9.59 Å². The summed E-state index contributed by atoms with van der Waals surface area (Å²) in [5.74, 6) is -0.482. The minimum Gasteiger partial charge on any atom is -0.383 e. The number of hydrogen-bond donors (Lipinski definition) is 1. The minimum absolute atomic E-state index is 0.0215. The highest BCUT2D eigenvalue weighted by Crippen LogP contribution is 2.29. The number of pyridine rings is 1. The van der Waals surface area contributed by atoms with E-state index in [1.54, 1.807) is 17.3 Å². The standard InChI is InChI=1S/C23H29N3O3/c1-3-26(21(28)16-25-14-5-4-8-20(27)23(25)29)22(19-7-6-13-24-15-19)18-11-9-17(2)10-12-18/h6-7,9-13,15,20,22,27H,3-5,8,14,16H2,1-2H3. The number of aromatic nitrogens is 1. The molecule has 29 heavy (non-hydrogen) atoms. The zero-order valence-electron chi connectivity index (χ0n) is 17.1. The van der Waals surface area contributed by atoms with Crippen LogP contribution in [0.4, 0.5) is 0 Å². The summed E-state index contributed by atoms with van der Waals surface area (Å²) in [6.45, 7) is 4.95. The molecular formula is C23H29N3O3. The van der Waals surface area contributed by atoms with Crippen LogP contribution >= 0.6 is 0 Å². The van der Waals surface area contributed by atoms with Crippen molar-refractivity contribution in [3.8, 4) is 0 Å². The molecular weight excluding hydrogens is 366 g/mol. The topological polar surface area (TPSA) is 73.7 Å². The molecule has 1 aliphatic rings. The van der Waals surface area contributed by atoms with Gasteiger partial charge >= 0.3 is 0 Å². The number of amides is 2. The third kappa shape index (κ3) is 5.01. The predicted octanol–water partition coefficient (Wildman–Crippen LogP) is 2.70. The Morgan fingerprint density at radius 3 is 2.66 bits per heavy atom. The number of hydrogen-bond acceptors (Lipinski definition) is 4. The number of benzene rings is 1. The van der Waals surface area contributed by atoms with Crippen molar-refractivity contribution in [3.63, 3.8) is 0 Å². The van der Waals surface area contributed by atoms with Crippen molar-refractivity contribution in [2.24, 2.45) is 0 Å². The number of rotatable bonds is 6. The highest BCUT2D eigenvalue weighted by molar-refractivity contribution is 5.87. The van der Waals surface area contributed by atoms with Gasteiger partial charge in [-0.15, -0.1) is 0 Å². The Balaban J connectivity index is 1.89. The first-order valence-electron chi connectivity index (χ1n) is 10.2. The third-order valence-electron chi connectivity index (χ3n) is 5.44. The Morgan fingerprint density at radius 1 is 1.24 bits per heavy atom. The van der Waals surface area contributed by atoms with Crippen LogP contribution in [0.3, 0.4) is 0 Å². The zero-order valence-corrected chi connectivity index (χ0v) is 17.1. The van der Waals surface area contributed by atoms with Crippen molar-refractivity contribution < 1.29 is 14.7 Å². The summed E-state index contributed by atoms with van der Waals surface area (Å²) >= 11 is 0. The maximum absolute atomic E-state index is 13.3.